The topological polar surface area (TPSA) is 0 Å². The number of hydrogen-bond donors (Lipinski definition) is 0. The van der Waals surface area contributed by atoms with Gasteiger partial charge in [-0.25, -0.2) is 0 Å². The van der Waals surface area contributed by atoms with Gasteiger partial charge in [0.15, 0.2) is 0 Å². The molecular weight excluding hydrogens is 144 g/mol. The van der Waals surface area contributed by atoms with Gasteiger partial charge in [-0.05, 0) is 39.2 Å². The quantitative estimate of drug-likeness (QED) is 0.540. The highest BCUT2D eigenvalue weighted by atomic mass is 14.0. The maximum atomic E-state index is 2.34. The van der Waals surface area contributed by atoms with Crippen LogP contribution in [0.1, 0.15) is 53.9 Å². The third-order valence-corrected chi connectivity index (χ3v) is 2.50. The number of rotatable bonds is 4. The molecule has 70 valence electrons. The molecule has 0 aliphatic heterocycles. The van der Waals surface area contributed by atoms with Crippen molar-refractivity contribution >= 4 is 0 Å². The first-order chi connectivity index (χ1) is 5.63. The molecule has 0 aromatic heterocycles. The van der Waals surface area contributed by atoms with E-state index in [2.05, 4.69) is 40.7 Å². The summed E-state index contributed by atoms with van der Waals surface area (Å²) in [5, 5.41) is 0. The minimum atomic E-state index is 1.17. The smallest absolute Gasteiger partial charge is 0.0346 e. The van der Waals surface area contributed by atoms with Crippen LogP contribution in [0.4, 0.5) is 0 Å². The molecule has 0 amide bonds. The van der Waals surface area contributed by atoms with Gasteiger partial charge in [-0.3, -0.25) is 0 Å². The minimum Gasteiger partial charge on any atom is -0.0813 e. The van der Waals surface area contributed by atoms with Gasteiger partial charge in [-0.1, -0.05) is 37.5 Å². The Morgan fingerprint density at radius 2 is 1.67 bits per heavy atom. The number of unbranched alkanes of at least 4 members (excludes halogenated alkanes) is 1. The highest BCUT2D eigenvalue weighted by Gasteiger charge is 1.96. The van der Waals surface area contributed by atoms with Crippen LogP contribution in [0, 0.1) is 0 Å². The number of hydrogen-bond acceptors (Lipinski definition) is 0. The third kappa shape index (κ3) is 3.75. The standard InChI is InChI=1S/C12H22/c1-6-8-9-11(4)12(5)10(3)7-2/h9H,6-8H2,1-5H3. The molecular formula is C12H22. The van der Waals surface area contributed by atoms with Gasteiger partial charge < -0.3 is 0 Å². The van der Waals surface area contributed by atoms with Crippen LogP contribution in [-0.2, 0) is 0 Å². The summed E-state index contributed by atoms with van der Waals surface area (Å²) in [7, 11) is 0. The van der Waals surface area contributed by atoms with E-state index in [-0.39, 0.29) is 0 Å². The first-order valence-electron chi connectivity index (χ1n) is 4.96. The molecule has 0 radical (unpaired) electrons. The lowest BCUT2D eigenvalue weighted by molar-refractivity contribution is 0.946. The molecule has 0 spiro atoms. The van der Waals surface area contributed by atoms with Crippen LogP contribution in [0.2, 0.25) is 0 Å². The second kappa shape index (κ2) is 6.05. The Kier molecular flexibility index (Phi) is 5.79. The SMILES string of the molecule is CCCC=C(C)C(C)=C(C)CC. The van der Waals surface area contributed by atoms with Gasteiger partial charge in [0, 0.05) is 0 Å². The van der Waals surface area contributed by atoms with E-state index in [1.165, 1.54) is 36.0 Å². The first-order valence-corrected chi connectivity index (χ1v) is 4.96. The molecule has 0 heteroatoms. The van der Waals surface area contributed by atoms with Crippen LogP contribution in [0.15, 0.2) is 22.8 Å². The largest absolute Gasteiger partial charge is 0.0813 e. The van der Waals surface area contributed by atoms with Crippen molar-refractivity contribution in [1.82, 2.24) is 0 Å². The van der Waals surface area contributed by atoms with Crippen LogP contribution in [0.3, 0.4) is 0 Å². The maximum absolute atomic E-state index is 2.34. The van der Waals surface area contributed by atoms with Gasteiger partial charge in [0.25, 0.3) is 0 Å². The van der Waals surface area contributed by atoms with E-state index in [1.807, 2.05) is 0 Å². The minimum absolute atomic E-state index is 1.17. The van der Waals surface area contributed by atoms with Gasteiger partial charge in [0.05, 0.1) is 0 Å². The molecule has 0 atom stereocenters. The van der Waals surface area contributed by atoms with E-state index in [1.54, 1.807) is 0 Å². The van der Waals surface area contributed by atoms with Crippen LogP contribution in [0.5, 0.6) is 0 Å². The van der Waals surface area contributed by atoms with Crippen molar-refractivity contribution in [2.75, 3.05) is 0 Å². The van der Waals surface area contributed by atoms with Crippen LogP contribution in [0.25, 0.3) is 0 Å². The van der Waals surface area contributed by atoms with Crippen molar-refractivity contribution < 1.29 is 0 Å². The fourth-order valence-corrected chi connectivity index (χ4v) is 1.12. The summed E-state index contributed by atoms with van der Waals surface area (Å²) in [6.07, 6.45) is 5.97. The monoisotopic (exact) mass is 166 g/mol. The lowest BCUT2D eigenvalue weighted by Crippen LogP contribution is -1.85. The van der Waals surface area contributed by atoms with Gasteiger partial charge in [-0.15, -0.1) is 0 Å². The molecule has 0 rings (SSSR count). The van der Waals surface area contributed by atoms with Crippen molar-refractivity contribution in [1.29, 1.82) is 0 Å². The average Bonchev–Trinajstić information content (AvgIpc) is 2.11. The summed E-state index contributed by atoms with van der Waals surface area (Å²) in [6.45, 7) is 11.1. The van der Waals surface area contributed by atoms with Gasteiger partial charge >= 0.3 is 0 Å². The fourth-order valence-electron chi connectivity index (χ4n) is 1.12. The Hall–Kier alpha value is -0.520. The summed E-state index contributed by atoms with van der Waals surface area (Å²) >= 11 is 0. The van der Waals surface area contributed by atoms with Gasteiger partial charge in [-0.2, -0.15) is 0 Å². The van der Waals surface area contributed by atoms with Gasteiger partial charge in [0.2, 0.25) is 0 Å². The predicted molar refractivity (Wildman–Crippen MR) is 57.3 cm³/mol. The molecule has 0 saturated carbocycles. The summed E-state index contributed by atoms with van der Waals surface area (Å²) in [4.78, 5) is 0. The lowest BCUT2D eigenvalue weighted by Gasteiger charge is -2.05. The van der Waals surface area contributed by atoms with Gasteiger partial charge in [0.1, 0.15) is 0 Å². The maximum Gasteiger partial charge on any atom is -0.0346 e. The molecule has 0 aliphatic rings. The van der Waals surface area contributed by atoms with Crippen LogP contribution >= 0.6 is 0 Å². The number of allylic oxidation sites excluding steroid dienone is 4. The normalized spacial score (nSPS) is 14.6. The van der Waals surface area contributed by atoms with Crippen molar-refractivity contribution in [3.63, 3.8) is 0 Å². The second-order valence-corrected chi connectivity index (χ2v) is 3.43. The van der Waals surface area contributed by atoms with E-state index in [0.29, 0.717) is 0 Å². The fraction of sp³-hybridized carbons (Fsp3) is 0.667. The molecule has 0 heterocycles. The Balaban J connectivity index is 4.36. The molecule has 0 aromatic carbocycles. The zero-order chi connectivity index (χ0) is 9.56. The van der Waals surface area contributed by atoms with E-state index in [4.69, 9.17) is 0 Å². The van der Waals surface area contributed by atoms with Crippen LogP contribution < -0.4 is 0 Å². The Bertz CT molecular complexity index is 182. The zero-order valence-corrected chi connectivity index (χ0v) is 9.20. The van der Waals surface area contributed by atoms with E-state index in [9.17, 15) is 0 Å². The van der Waals surface area contributed by atoms with E-state index >= 15 is 0 Å². The summed E-state index contributed by atoms with van der Waals surface area (Å²) in [5.41, 5.74) is 4.45. The molecule has 12 heavy (non-hydrogen) atoms. The van der Waals surface area contributed by atoms with E-state index < -0.39 is 0 Å². The molecule has 0 bridgehead atoms. The third-order valence-electron chi connectivity index (χ3n) is 2.50. The Morgan fingerprint density at radius 1 is 1.08 bits per heavy atom. The van der Waals surface area contributed by atoms with Crippen molar-refractivity contribution in [3.8, 4) is 0 Å². The lowest BCUT2D eigenvalue weighted by atomic mass is 10.0. The Morgan fingerprint density at radius 3 is 2.08 bits per heavy atom. The molecule has 0 nitrogen and oxygen atoms in total. The highest BCUT2D eigenvalue weighted by Crippen LogP contribution is 2.16. The zero-order valence-electron chi connectivity index (χ0n) is 9.20. The van der Waals surface area contributed by atoms with Crippen molar-refractivity contribution in [2.45, 2.75) is 53.9 Å². The Labute approximate surface area is 77.4 Å². The molecule has 0 unspecified atom stereocenters. The summed E-state index contributed by atoms with van der Waals surface area (Å²) < 4.78 is 0. The molecule has 0 fully saturated rings. The molecule has 0 aromatic rings. The average molecular weight is 166 g/mol. The van der Waals surface area contributed by atoms with Crippen molar-refractivity contribution in [3.05, 3.63) is 22.8 Å². The highest BCUT2D eigenvalue weighted by molar-refractivity contribution is 5.30. The molecule has 0 N–H and O–H groups in total. The first kappa shape index (κ1) is 11.5. The van der Waals surface area contributed by atoms with E-state index in [0.717, 1.165) is 0 Å². The van der Waals surface area contributed by atoms with Crippen molar-refractivity contribution in [2.24, 2.45) is 0 Å². The summed E-state index contributed by atoms with van der Waals surface area (Å²) in [5.74, 6) is 0. The molecule has 0 aliphatic carbocycles. The predicted octanol–water partition coefficient (Wildman–Crippen LogP) is 4.48. The second-order valence-electron chi connectivity index (χ2n) is 3.43. The van der Waals surface area contributed by atoms with Crippen LogP contribution in [-0.4, -0.2) is 0 Å². The summed E-state index contributed by atoms with van der Waals surface area (Å²) in [6, 6.07) is 0. The molecule has 0 saturated heterocycles.